The second-order valence-electron chi connectivity index (χ2n) is 4.91. The Bertz CT molecular complexity index is 417. The summed E-state index contributed by atoms with van der Waals surface area (Å²) in [7, 11) is 4.16. The molecule has 1 aromatic rings. The van der Waals surface area contributed by atoms with Crippen molar-refractivity contribution in [2.45, 2.75) is 25.4 Å². The van der Waals surface area contributed by atoms with Crippen LogP contribution >= 0.6 is 0 Å². The fourth-order valence-corrected chi connectivity index (χ4v) is 2.52. The number of nitro groups is 1. The van der Waals surface area contributed by atoms with Gasteiger partial charge in [-0.05, 0) is 45.5 Å². The van der Waals surface area contributed by atoms with Crippen molar-refractivity contribution in [3.8, 4) is 0 Å². The molecule has 0 bridgehead atoms. The van der Waals surface area contributed by atoms with Gasteiger partial charge in [0.05, 0.1) is 11.1 Å². The molecule has 5 nitrogen and oxygen atoms in total. The van der Waals surface area contributed by atoms with Crippen molar-refractivity contribution in [2.75, 3.05) is 25.5 Å². The van der Waals surface area contributed by atoms with Crippen LogP contribution in [0, 0.1) is 10.1 Å². The second kappa shape index (κ2) is 5.35. The first kappa shape index (κ1) is 12.8. The van der Waals surface area contributed by atoms with E-state index < -0.39 is 0 Å². The molecule has 2 rings (SSSR count). The minimum Gasteiger partial charge on any atom is -0.356 e. The van der Waals surface area contributed by atoms with Gasteiger partial charge in [0.15, 0.2) is 0 Å². The second-order valence-corrected chi connectivity index (χ2v) is 4.91. The first-order valence-electron chi connectivity index (χ1n) is 6.27. The SMILES string of the molecule is CN(C)C1CCCCN1c1ccc([N+](=O)[O-])cc1. The van der Waals surface area contributed by atoms with Crippen LogP contribution in [-0.4, -0.2) is 36.6 Å². The lowest BCUT2D eigenvalue weighted by Gasteiger charge is -2.41. The monoisotopic (exact) mass is 249 g/mol. The third kappa shape index (κ3) is 2.61. The van der Waals surface area contributed by atoms with Crippen molar-refractivity contribution in [1.82, 2.24) is 4.90 Å². The van der Waals surface area contributed by atoms with Crippen LogP contribution in [0.3, 0.4) is 0 Å². The van der Waals surface area contributed by atoms with E-state index in [1.165, 1.54) is 12.8 Å². The first-order valence-corrected chi connectivity index (χ1v) is 6.27. The summed E-state index contributed by atoms with van der Waals surface area (Å²) in [6, 6.07) is 6.85. The predicted octanol–water partition coefficient (Wildman–Crippen LogP) is 2.47. The van der Waals surface area contributed by atoms with Crippen molar-refractivity contribution in [3.63, 3.8) is 0 Å². The lowest BCUT2D eigenvalue weighted by atomic mass is 10.1. The number of hydrogen-bond acceptors (Lipinski definition) is 4. The van der Waals surface area contributed by atoms with Gasteiger partial charge in [-0.3, -0.25) is 15.0 Å². The molecule has 1 aliphatic heterocycles. The minimum atomic E-state index is -0.358. The molecule has 98 valence electrons. The van der Waals surface area contributed by atoms with Gasteiger partial charge in [-0.1, -0.05) is 0 Å². The quantitative estimate of drug-likeness (QED) is 0.610. The van der Waals surface area contributed by atoms with Crippen LogP contribution in [0.25, 0.3) is 0 Å². The molecule has 1 aromatic carbocycles. The molecule has 0 saturated carbocycles. The number of non-ortho nitro benzene ring substituents is 1. The average molecular weight is 249 g/mol. The van der Waals surface area contributed by atoms with Crippen molar-refractivity contribution < 1.29 is 4.92 Å². The molecule has 1 heterocycles. The number of nitro benzene ring substituents is 1. The summed E-state index contributed by atoms with van der Waals surface area (Å²) in [5, 5.41) is 10.6. The van der Waals surface area contributed by atoms with Crippen LogP contribution in [0.1, 0.15) is 19.3 Å². The number of nitrogens with zero attached hydrogens (tertiary/aromatic N) is 3. The molecule has 1 unspecified atom stereocenters. The molecule has 0 aromatic heterocycles. The van der Waals surface area contributed by atoms with E-state index in [0.29, 0.717) is 6.17 Å². The van der Waals surface area contributed by atoms with Gasteiger partial charge < -0.3 is 4.90 Å². The van der Waals surface area contributed by atoms with E-state index in [4.69, 9.17) is 0 Å². The molecule has 1 saturated heterocycles. The summed E-state index contributed by atoms with van der Waals surface area (Å²) < 4.78 is 0. The maximum atomic E-state index is 10.6. The maximum Gasteiger partial charge on any atom is 0.269 e. The Balaban J connectivity index is 2.20. The molecule has 1 aliphatic rings. The third-order valence-electron chi connectivity index (χ3n) is 3.46. The molecule has 0 aliphatic carbocycles. The average Bonchev–Trinajstić information content (AvgIpc) is 2.39. The molecule has 0 radical (unpaired) electrons. The molecule has 0 N–H and O–H groups in total. The van der Waals surface area contributed by atoms with E-state index in [1.54, 1.807) is 12.1 Å². The Labute approximate surface area is 107 Å². The molecule has 0 amide bonds. The van der Waals surface area contributed by atoms with E-state index in [9.17, 15) is 10.1 Å². The van der Waals surface area contributed by atoms with Gasteiger partial charge in [0.2, 0.25) is 0 Å². The highest BCUT2D eigenvalue weighted by molar-refractivity contribution is 5.51. The third-order valence-corrected chi connectivity index (χ3v) is 3.46. The number of hydrogen-bond donors (Lipinski definition) is 0. The van der Waals surface area contributed by atoms with E-state index in [1.807, 2.05) is 12.1 Å². The van der Waals surface area contributed by atoms with E-state index in [-0.39, 0.29) is 10.6 Å². The van der Waals surface area contributed by atoms with E-state index >= 15 is 0 Å². The van der Waals surface area contributed by atoms with Crippen LogP contribution in [0.2, 0.25) is 0 Å². The zero-order valence-electron chi connectivity index (χ0n) is 10.9. The van der Waals surface area contributed by atoms with E-state index in [2.05, 4.69) is 23.9 Å². The van der Waals surface area contributed by atoms with Gasteiger partial charge in [0, 0.05) is 24.4 Å². The normalized spacial score (nSPS) is 20.2. The number of anilines is 1. The molecule has 18 heavy (non-hydrogen) atoms. The topological polar surface area (TPSA) is 49.6 Å². The van der Waals surface area contributed by atoms with Crippen LogP contribution in [0.5, 0.6) is 0 Å². The number of piperidine rings is 1. The van der Waals surface area contributed by atoms with Gasteiger partial charge in [-0.2, -0.15) is 0 Å². The number of benzene rings is 1. The number of rotatable bonds is 3. The molecular formula is C13H19N3O2. The van der Waals surface area contributed by atoms with Crippen LogP contribution in [0.4, 0.5) is 11.4 Å². The van der Waals surface area contributed by atoms with Gasteiger partial charge >= 0.3 is 0 Å². The van der Waals surface area contributed by atoms with Crippen molar-refractivity contribution in [3.05, 3.63) is 34.4 Å². The largest absolute Gasteiger partial charge is 0.356 e. The molecule has 5 heteroatoms. The fourth-order valence-electron chi connectivity index (χ4n) is 2.52. The van der Waals surface area contributed by atoms with Gasteiger partial charge in [-0.15, -0.1) is 0 Å². The summed E-state index contributed by atoms with van der Waals surface area (Å²) in [4.78, 5) is 14.8. The summed E-state index contributed by atoms with van der Waals surface area (Å²) in [5.74, 6) is 0. The van der Waals surface area contributed by atoms with Gasteiger partial charge in [0.1, 0.15) is 0 Å². The van der Waals surface area contributed by atoms with Gasteiger partial charge in [-0.25, -0.2) is 0 Å². The maximum absolute atomic E-state index is 10.6. The zero-order chi connectivity index (χ0) is 13.1. The van der Waals surface area contributed by atoms with E-state index in [0.717, 1.165) is 18.7 Å². The van der Waals surface area contributed by atoms with Crippen molar-refractivity contribution in [1.29, 1.82) is 0 Å². The standard InChI is InChI=1S/C13H19N3O2/c1-14(2)13-5-3-4-10-15(13)11-6-8-12(9-7-11)16(17)18/h6-9,13H,3-5,10H2,1-2H3. The molecule has 1 atom stereocenters. The lowest BCUT2D eigenvalue weighted by Crippen LogP contribution is -2.48. The lowest BCUT2D eigenvalue weighted by molar-refractivity contribution is -0.384. The summed E-state index contributed by atoms with van der Waals surface area (Å²) in [5.41, 5.74) is 1.22. The Morgan fingerprint density at radius 2 is 1.94 bits per heavy atom. The summed E-state index contributed by atoms with van der Waals surface area (Å²) in [6.45, 7) is 1.01. The highest BCUT2D eigenvalue weighted by atomic mass is 16.6. The smallest absolute Gasteiger partial charge is 0.269 e. The Hall–Kier alpha value is -1.62. The highest BCUT2D eigenvalue weighted by Crippen LogP contribution is 2.27. The predicted molar refractivity (Wildman–Crippen MR) is 71.8 cm³/mol. The Morgan fingerprint density at radius 3 is 2.50 bits per heavy atom. The minimum absolute atomic E-state index is 0.150. The van der Waals surface area contributed by atoms with Crippen molar-refractivity contribution in [2.24, 2.45) is 0 Å². The highest BCUT2D eigenvalue weighted by Gasteiger charge is 2.24. The fraction of sp³-hybridized carbons (Fsp3) is 0.538. The Kier molecular flexibility index (Phi) is 3.81. The summed E-state index contributed by atoms with van der Waals surface area (Å²) >= 11 is 0. The van der Waals surface area contributed by atoms with Crippen LogP contribution in [0.15, 0.2) is 24.3 Å². The first-order chi connectivity index (χ1) is 8.59. The molecular weight excluding hydrogens is 230 g/mol. The van der Waals surface area contributed by atoms with Crippen LogP contribution < -0.4 is 4.90 Å². The Morgan fingerprint density at radius 1 is 1.28 bits per heavy atom. The zero-order valence-corrected chi connectivity index (χ0v) is 10.9. The molecule has 1 fully saturated rings. The van der Waals surface area contributed by atoms with Crippen molar-refractivity contribution >= 4 is 11.4 Å². The van der Waals surface area contributed by atoms with Crippen LogP contribution in [-0.2, 0) is 0 Å². The van der Waals surface area contributed by atoms with Gasteiger partial charge in [0.25, 0.3) is 5.69 Å². The molecule has 0 spiro atoms. The summed E-state index contributed by atoms with van der Waals surface area (Å²) in [6.07, 6.45) is 3.96.